The summed E-state index contributed by atoms with van der Waals surface area (Å²) in [6, 6.07) is 0. The molecule has 0 aliphatic heterocycles. The van der Waals surface area contributed by atoms with Crippen molar-refractivity contribution in [2.45, 2.75) is 26.1 Å². The molecule has 0 radical (unpaired) electrons. The van der Waals surface area contributed by atoms with Crippen LogP contribution in [0.25, 0.3) is 0 Å². The van der Waals surface area contributed by atoms with E-state index in [4.69, 9.17) is 11.6 Å². The van der Waals surface area contributed by atoms with E-state index < -0.39 is 17.7 Å². The van der Waals surface area contributed by atoms with Gasteiger partial charge in [-0.25, -0.2) is 0 Å². The van der Waals surface area contributed by atoms with Gasteiger partial charge in [-0.05, 0) is 6.42 Å². The second kappa shape index (κ2) is 4.22. The molecule has 0 unspecified atom stereocenters. The molecule has 1 rings (SSSR count). The van der Waals surface area contributed by atoms with Gasteiger partial charge in [-0.15, -0.1) is 0 Å². The molecule has 7 heteroatoms. The second-order valence-corrected chi connectivity index (χ2v) is 3.30. The molecule has 1 aromatic heterocycles. The molecule has 0 aliphatic rings. The fourth-order valence-electron chi connectivity index (χ4n) is 1.10. The van der Waals surface area contributed by atoms with Gasteiger partial charge in [-0.2, -0.15) is 18.3 Å². The summed E-state index contributed by atoms with van der Waals surface area (Å²) in [7, 11) is 0. The first-order chi connectivity index (χ1) is 6.88. The Balaban J connectivity index is 3.12. The minimum absolute atomic E-state index is 0.226. The first-order valence-corrected chi connectivity index (χ1v) is 4.58. The van der Waals surface area contributed by atoms with Crippen molar-refractivity contribution in [2.24, 2.45) is 0 Å². The number of aryl methyl sites for hydroxylation is 1. The maximum absolute atomic E-state index is 12.2. The molecule has 0 aromatic carbocycles. The van der Waals surface area contributed by atoms with Crippen molar-refractivity contribution in [3.05, 3.63) is 16.9 Å². The first kappa shape index (κ1) is 12.0. The number of carbonyl (C=O) groups is 1. The van der Waals surface area contributed by atoms with Crippen LogP contribution in [0.1, 0.15) is 23.8 Å². The fourth-order valence-corrected chi connectivity index (χ4v) is 1.33. The van der Waals surface area contributed by atoms with Crippen molar-refractivity contribution >= 4 is 17.4 Å². The average molecular weight is 241 g/mol. The van der Waals surface area contributed by atoms with E-state index in [2.05, 4.69) is 5.10 Å². The monoisotopic (exact) mass is 240 g/mol. The summed E-state index contributed by atoms with van der Waals surface area (Å²) in [5.41, 5.74) is -0.592. The highest BCUT2D eigenvalue weighted by Crippen LogP contribution is 2.26. The smallest absolute Gasteiger partial charge is 0.282 e. The largest absolute Gasteiger partial charge is 0.456 e. The predicted octanol–water partition coefficient (Wildman–Crippen LogP) is 2.69. The summed E-state index contributed by atoms with van der Waals surface area (Å²) in [6.45, 7) is 1.99. The Morgan fingerprint density at radius 3 is 2.67 bits per heavy atom. The zero-order chi connectivity index (χ0) is 11.6. The molecule has 15 heavy (non-hydrogen) atoms. The number of rotatable bonds is 3. The van der Waals surface area contributed by atoms with Crippen molar-refractivity contribution in [1.29, 1.82) is 0 Å². The van der Waals surface area contributed by atoms with Crippen LogP contribution in [0.15, 0.2) is 6.20 Å². The lowest BCUT2D eigenvalue weighted by Gasteiger charge is -2.07. The predicted molar refractivity (Wildman–Crippen MR) is 47.9 cm³/mol. The third kappa shape index (κ3) is 2.50. The van der Waals surface area contributed by atoms with E-state index in [1.54, 1.807) is 6.92 Å². The van der Waals surface area contributed by atoms with Crippen LogP contribution in [-0.4, -0.2) is 21.7 Å². The Hall–Kier alpha value is -1.04. The van der Waals surface area contributed by atoms with Crippen molar-refractivity contribution < 1.29 is 18.0 Å². The van der Waals surface area contributed by atoms with Crippen LogP contribution in [0.2, 0.25) is 5.02 Å². The summed E-state index contributed by atoms with van der Waals surface area (Å²) in [5.74, 6) is -1.96. The highest BCUT2D eigenvalue weighted by Gasteiger charge is 2.42. The Labute approximate surface area is 88.8 Å². The minimum Gasteiger partial charge on any atom is -0.282 e. The Bertz CT molecular complexity index is 372. The molecule has 0 fully saturated rings. The van der Waals surface area contributed by atoms with E-state index in [1.807, 2.05) is 0 Å². The summed E-state index contributed by atoms with van der Waals surface area (Å²) in [6.07, 6.45) is -3.32. The van der Waals surface area contributed by atoms with E-state index in [0.29, 0.717) is 6.42 Å². The number of ketones is 1. The first-order valence-electron chi connectivity index (χ1n) is 4.20. The normalized spacial score (nSPS) is 11.8. The molecule has 1 heterocycles. The van der Waals surface area contributed by atoms with E-state index in [0.717, 1.165) is 10.9 Å². The Kier molecular flexibility index (Phi) is 3.38. The van der Waals surface area contributed by atoms with Crippen LogP contribution in [0.3, 0.4) is 0 Å². The third-order valence-electron chi connectivity index (χ3n) is 1.70. The van der Waals surface area contributed by atoms with E-state index >= 15 is 0 Å². The van der Waals surface area contributed by atoms with Gasteiger partial charge in [0.2, 0.25) is 0 Å². The quantitative estimate of drug-likeness (QED) is 0.762. The summed E-state index contributed by atoms with van der Waals surface area (Å²) >= 11 is 5.48. The lowest BCUT2D eigenvalue weighted by Crippen LogP contribution is -2.26. The number of carbonyl (C=O) groups excluding carboxylic acids is 1. The Morgan fingerprint density at radius 2 is 2.20 bits per heavy atom. The number of hydrogen-bond donors (Lipinski definition) is 0. The van der Waals surface area contributed by atoms with Crippen LogP contribution < -0.4 is 0 Å². The zero-order valence-corrected chi connectivity index (χ0v) is 8.56. The summed E-state index contributed by atoms with van der Waals surface area (Å²) < 4.78 is 37.5. The topological polar surface area (TPSA) is 34.9 Å². The number of alkyl halides is 3. The van der Waals surface area contributed by atoms with Gasteiger partial charge in [0.25, 0.3) is 5.78 Å². The van der Waals surface area contributed by atoms with Gasteiger partial charge in [0.1, 0.15) is 5.69 Å². The number of nitrogens with zero attached hydrogens (tertiary/aromatic N) is 2. The molecule has 0 aliphatic carbocycles. The van der Waals surface area contributed by atoms with Gasteiger partial charge in [-0.3, -0.25) is 9.48 Å². The van der Waals surface area contributed by atoms with Crippen molar-refractivity contribution in [2.75, 3.05) is 0 Å². The molecular formula is C8H8ClF3N2O. The average Bonchev–Trinajstić information content (AvgIpc) is 2.45. The maximum atomic E-state index is 12.2. The molecule has 3 nitrogen and oxygen atoms in total. The highest BCUT2D eigenvalue weighted by molar-refractivity contribution is 6.33. The molecule has 0 N–H and O–H groups in total. The van der Waals surface area contributed by atoms with Gasteiger partial charge in [-0.1, -0.05) is 18.5 Å². The van der Waals surface area contributed by atoms with Crippen LogP contribution in [-0.2, 0) is 6.54 Å². The number of halogens is 4. The molecular weight excluding hydrogens is 233 g/mol. The van der Waals surface area contributed by atoms with Crippen LogP contribution in [0, 0.1) is 0 Å². The van der Waals surface area contributed by atoms with E-state index in [9.17, 15) is 18.0 Å². The summed E-state index contributed by atoms with van der Waals surface area (Å²) in [5, 5.41) is 3.33. The maximum Gasteiger partial charge on any atom is 0.456 e. The summed E-state index contributed by atoms with van der Waals surface area (Å²) in [4.78, 5) is 11.0. The molecule has 84 valence electrons. The van der Waals surface area contributed by atoms with E-state index in [-0.39, 0.29) is 11.6 Å². The molecule has 1 aromatic rings. The van der Waals surface area contributed by atoms with Gasteiger partial charge >= 0.3 is 6.18 Å². The molecule has 0 saturated heterocycles. The second-order valence-electron chi connectivity index (χ2n) is 2.89. The number of Topliss-reactive ketones (excluding diaryl/α,β-unsaturated/α-hetero) is 1. The Morgan fingerprint density at radius 1 is 1.60 bits per heavy atom. The van der Waals surface area contributed by atoms with Gasteiger partial charge in [0, 0.05) is 6.54 Å². The van der Waals surface area contributed by atoms with Crippen molar-refractivity contribution in [3.8, 4) is 0 Å². The lowest BCUT2D eigenvalue weighted by molar-refractivity contribution is -0.0891. The lowest BCUT2D eigenvalue weighted by atomic mass is 10.2. The third-order valence-corrected chi connectivity index (χ3v) is 1.98. The SMILES string of the molecule is CCCn1ncc(Cl)c1C(=O)C(F)(F)F. The van der Waals surface area contributed by atoms with Crippen molar-refractivity contribution in [3.63, 3.8) is 0 Å². The standard InChI is InChI=1S/C8H8ClF3N2O/c1-2-3-14-6(5(9)4-13-14)7(15)8(10,11)12/h4H,2-3H2,1H3. The van der Waals surface area contributed by atoms with Gasteiger partial charge in [0.15, 0.2) is 0 Å². The number of aromatic nitrogens is 2. The van der Waals surface area contributed by atoms with Crippen LogP contribution >= 0.6 is 11.6 Å². The zero-order valence-electron chi connectivity index (χ0n) is 7.81. The molecule has 0 spiro atoms. The van der Waals surface area contributed by atoms with Crippen LogP contribution in [0.5, 0.6) is 0 Å². The number of hydrogen-bond acceptors (Lipinski definition) is 2. The molecule has 0 bridgehead atoms. The molecule has 0 amide bonds. The van der Waals surface area contributed by atoms with Crippen molar-refractivity contribution in [1.82, 2.24) is 9.78 Å². The van der Waals surface area contributed by atoms with Gasteiger partial charge in [0.05, 0.1) is 11.2 Å². The molecule has 0 saturated carbocycles. The fraction of sp³-hybridized carbons (Fsp3) is 0.500. The van der Waals surface area contributed by atoms with Crippen LogP contribution in [0.4, 0.5) is 13.2 Å². The minimum atomic E-state index is -4.92. The van der Waals surface area contributed by atoms with E-state index in [1.165, 1.54) is 0 Å². The molecule has 0 atom stereocenters. The highest BCUT2D eigenvalue weighted by atomic mass is 35.5. The van der Waals surface area contributed by atoms with Gasteiger partial charge < -0.3 is 0 Å².